The summed E-state index contributed by atoms with van der Waals surface area (Å²) in [6, 6.07) is 4.09. The highest BCUT2D eigenvalue weighted by Gasteiger charge is 2.15. The average Bonchev–Trinajstić information content (AvgIpc) is 2.36. The van der Waals surface area contributed by atoms with Crippen molar-refractivity contribution in [3.05, 3.63) is 34.6 Å². The van der Waals surface area contributed by atoms with Crippen LogP contribution < -0.4 is 5.32 Å². The minimum atomic E-state index is -0.953. The van der Waals surface area contributed by atoms with Gasteiger partial charge in [0, 0.05) is 11.3 Å². The fourth-order valence-electron chi connectivity index (χ4n) is 1.38. The second kappa shape index (κ2) is 7.29. The molecule has 1 aromatic carbocycles. The molecule has 0 aromatic heterocycles. The lowest BCUT2D eigenvalue weighted by Gasteiger charge is -2.18. The topological polar surface area (TPSA) is 49.3 Å². The number of hydrogen-bond donors (Lipinski definition) is 2. The Balaban J connectivity index is 2.44. The Labute approximate surface area is 127 Å². The monoisotopic (exact) mass is 319 g/mol. The molecule has 20 heavy (non-hydrogen) atoms. The largest absolute Gasteiger partial charge is 0.387 e. The first-order valence-corrected chi connectivity index (χ1v) is 7.59. The third-order valence-corrected chi connectivity index (χ3v) is 4.04. The van der Waals surface area contributed by atoms with E-state index in [9.17, 15) is 14.3 Å². The van der Waals surface area contributed by atoms with E-state index in [2.05, 4.69) is 5.32 Å². The maximum absolute atomic E-state index is 13.3. The number of aliphatic hydroxyl groups is 1. The first kappa shape index (κ1) is 17.3. The van der Waals surface area contributed by atoms with Crippen molar-refractivity contribution in [2.75, 3.05) is 12.3 Å². The lowest BCUT2D eigenvalue weighted by atomic mass is 10.1. The van der Waals surface area contributed by atoms with Crippen LogP contribution in [0, 0.1) is 5.82 Å². The van der Waals surface area contributed by atoms with Gasteiger partial charge in [0.1, 0.15) is 5.82 Å². The van der Waals surface area contributed by atoms with E-state index in [1.165, 1.54) is 30.0 Å². The smallest absolute Gasteiger partial charge is 0.230 e. The van der Waals surface area contributed by atoms with Gasteiger partial charge in [0.15, 0.2) is 0 Å². The number of amides is 1. The Hall–Kier alpha value is -0.780. The summed E-state index contributed by atoms with van der Waals surface area (Å²) in [6.07, 6.45) is -0.953. The standard InChI is InChI=1S/C14H19ClFNO2S/c1-14(2,3)20-8-13(19)17-7-12(18)9-4-5-10(15)11(16)6-9/h4-6,12,18H,7-8H2,1-3H3,(H,17,19). The van der Waals surface area contributed by atoms with Crippen LogP contribution in [0.4, 0.5) is 4.39 Å². The van der Waals surface area contributed by atoms with E-state index in [0.29, 0.717) is 11.3 Å². The van der Waals surface area contributed by atoms with Gasteiger partial charge in [-0.25, -0.2) is 4.39 Å². The summed E-state index contributed by atoms with van der Waals surface area (Å²) in [5, 5.41) is 12.5. The average molecular weight is 320 g/mol. The van der Waals surface area contributed by atoms with E-state index < -0.39 is 11.9 Å². The molecule has 0 aliphatic rings. The Morgan fingerprint density at radius 1 is 1.50 bits per heavy atom. The Bertz CT molecular complexity index is 477. The summed E-state index contributed by atoms with van der Waals surface area (Å²) >= 11 is 7.09. The second-order valence-electron chi connectivity index (χ2n) is 5.39. The normalized spacial score (nSPS) is 13.1. The van der Waals surface area contributed by atoms with Crippen LogP contribution in [0.15, 0.2) is 18.2 Å². The molecule has 0 aliphatic carbocycles. The van der Waals surface area contributed by atoms with Gasteiger partial charge < -0.3 is 10.4 Å². The van der Waals surface area contributed by atoms with Crippen LogP contribution in [0.2, 0.25) is 5.02 Å². The number of hydrogen-bond acceptors (Lipinski definition) is 3. The molecule has 0 saturated heterocycles. The van der Waals surface area contributed by atoms with Crippen molar-refractivity contribution in [2.45, 2.75) is 31.6 Å². The second-order valence-corrected chi connectivity index (χ2v) is 7.60. The zero-order valence-electron chi connectivity index (χ0n) is 11.7. The van der Waals surface area contributed by atoms with Crippen molar-refractivity contribution in [1.82, 2.24) is 5.32 Å². The maximum Gasteiger partial charge on any atom is 0.230 e. The number of carbonyl (C=O) groups excluding carboxylic acids is 1. The van der Waals surface area contributed by atoms with Gasteiger partial charge in [0.2, 0.25) is 5.91 Å². The number of carbonyl (C=O) groups is 1. The van der Waals surface area contributed by atoms with Gasteiger partial charge in [0.05, 0.1) is 16.9 Å². The highest BCUT2D eigenvalue weighted by Crippen LogP contribution is 2.23. The van der Waals surface area contributed by atoms with Gasteiger partial charge in [-0.15, -0.1) is 11.8 Å². The van der Waals surface area contributed by atoms with Gasteiger partial charge in [-0.2, -0.15) is 0 Å². The molecule has 1 unspecified atom stereocenters. The van der Waals surface area contributed by atoms with E-state index in [4.69, 9.17) is 11.6 Å². The number of halogens is 2. The fourth-order valence-corrected chi connectivity index (χ4v) is 2.16. The van der Waals surface area contributed by atoms with Gasteiger partial charge in [-0.1, -0.05) is 38.4 Å². The summed E-state index contributed by atoms with van der Waals surface area (Å²) in [7, 11) is 0. The van der Waals surface area contributed by atoms with Crippen molar-refractivity contribution in [3.8, 4) is 0 Å². The lowest BCUT2D eigenvalue weighted by Crippen LogP contribution is -2.31. The van der Waals surface area contributed by atoms with Crippen molar-refractivity contribution >= 4 is 29.3 Å². The van der Waals surface area contributed by atoms with Crippen LogP contribution >= 0.6 is 23.4 Å². The summed E-state index contributed by atoms with van der Waals surface area (Å²) < 4.78 is 13.3. The van der Waals surface area contributed by atoms with Gasteiger partial charge in [-0.3, -0.25) is 4.79 Å². The molecule has 1 amide bonds. The summed E-state index contributed by atoms with van der Waals surface area (Å²) in [6.45, 7) is 6.12. The van der Waals surface area contributed by atoms with Crippen molar-refractivity contribution in [1.29, 1.82) is 0 Å². The molecule has 3 nitrogen and oxygen atoms in total. The Kier molecular flexibility index (Phi) is 6.30. The van der Waals surface area contributed by atoms with Crippen LogP contribution in [0.1, 0.15) is 32.4 Å². The number of benzene rings is 1. The molecular weight excluding hydrogens is 301 g/mol. The fraction of sp³-hybridized carbons (Fsp3) is 0.500. The number of nitrogens with one attached hydrogen (secondary N) is 1. The minimum absolute atomic E-state index is 0.00608. The molecule has 0 spiro atoms. The Morgan fingerprint density at radius 2 is 2.15 bits per heavy atom. The third kappa shape index (κ3) is 6.11. The summed E-state index contributed by atoms with van der Waals surface area (Å²) in [5.41, 5.74) is 0.385. The molecule has 6 heteroatoms. The van der Waals surface area contributed by atoms with Crippen molar-refractivity contribution in [2.24, 2.45) is 0 Å². The molecule has 2 N–H and O–H groups in total. The maximum atomic E-state index is 13.3. The molecule has 112 valence electrons. The highest BCUT2D eigenvalue weighted by molar-refractivity contribution is 8.01. The van der Waals surface area contributed by atoms with Crippen LogP contribution in [0.25, 0.3) is 0 Å². The zero-order chi connectivity index (χ0) is 15.3. The predicted molar refractivity (Wildman–Crippen MR) is 81.6 cm³/mol. The molecule has 1 aromatic rings. The van der Waals surface area contributed by atoms with Crippen LogP contribution in [-0.4, -0.2) is 28.1 Å². The van der Waals surface area contributed by atoms with Crippen LogP contribution in [0.3, 0.4) is 0 Å². The number of rotatable bonds is 5. The zero-order valence-corrected chi connectivity index (χ0v) is 13.3. The van der Waals surface area contributed by atoms with E-state index in [0.717, 1.165) is 0 Å². The number of aliphatic hydroxyl groups excluding tert-OH is 1. The predicted octanol–water partition coefficient (Wildman–Crippen LogP) is 3.16. The van der Waals surface area contributed by atoms with Crippen molar-refractivity contribution < 1.29 is 14.3 Å². The molecule has 0 bridgehead atoms. The quantitative estimate of drug-likeness (QED) is 0.876. The molecule has 0 radical (unpaired) electrons. The Morgan fingerprint density at radius 3 is 2.70 bits per heavy atom. The lowest BCUT2D eigenvalue weighted by molar-refractivity contribution is -0.119. The van der Waals surface area contributed by atoms with Gasteiger partial charge >= 0.3 is 0 Å². The molecule has 1 rings (SSSR count). The van der Waals surface area contributed by atoms with Crippen LogP contribution in [0.5, 0.6) is 0 Å². The molecular formula is C14H19ClFNO2S. The summed E-state index contributed by atoms with van der Waals surface area (Å²) in [4.78, 5) is 11.6. The molecule has 0 saturated carbocycles. The SMILES string of the molecule is CC(C)(C)SCC(=O)NCC(O)c1ccc(Cl)c(F)c1. The van der Waals surface area contributed by atoms with E-state index >= 15 is 0 Å². The van der Waals surface area contributed by atoms with Crippen LogP contribution in [-0.2, 0) is 4.79 Å². The highest BCUT2D eigenvalue weighted by atomic mass is 35.5. The van der Waals surface area contributed by atoms with E-state index in [1.54, 1.807) is 0 Å². The molecule has 0 aliphatic heterocycles. The third-order valence-electron chi connectivity index (χ3n) is 2.46. The van der Waals surface area contributed by atoms with Crippen molar-refractivity contribution in [3.63, 3.8) is 0 Å². The first-order chi connectivity index (χ1) is 9.19. The first-order valence-electron chi connectivity index (χ1n) is 6.23. The summed E-state index contributed by atoms with van der Waals surface area (Å²) in [5.74, 6) is -0.415. The number of thioether (sulfide) groups is 1. The van der Waals surface area contributed by atoms with Gasteiger partial charge in [0.25, 0.3) is 0 Å². The molecule has 1 atom stereocenters. The van der Waals surface area contributed by atoms with E-state index in [1.807, 2.05) is 20.8 Å². The minimum Gasteiger partial charge on any atom is -0.387 e. The molecule has 0 heterocycles. The molecule has 0 fully saturated rings. The van der Waals surface area contributed by atoms with Gasteiger partial charge in [-0.05, 0) is 17.7 Å². The van der Waals surface area contributed by atoms with E-state index in [-0.39, 0.29) is 22.2 Å².